The fraction of sp³-hybridized carbons (Fsp3) is 0.526. The molecule has 1 amide bonds. The molecule has 0 saturated carbocycles. The Labute approximate surface area is 148 Å². The van der Waals surface area contributed by atoms with E-state index in [0.717, 1.165) is 18.4 Å². The number of benzene rings is 1. The van der Waals surface area contributed by atoms with Crippen LogP contribution >= 0.6 is 0 Å². The molecule has 2 aliphatic rings. The molecule has 0 aromatic heterocycles. The number of nitrogens with zero attached hydrogens (tertiary/aromatic N) is 2. The molecule has 0 radical (unpaired) electrons. The van der Waals surface area contributed by atoms with Crippen LogP contribution in [0.25, 0.3) is 0 Å². The van der Waals surface area contributed by atoms with Crippen molar-refractivity contribution in [2.24, 2.45) is 0 Å². The molecule has 2 heterocycles. The molecule has 0 aliphatic carbocycles. The van der Waals surface area contributed by atoms with Gasteiger partial charge in [-0.2, -0.15) is 0 Å². The minimum Gasteiger partial charge on any atom is -0.336 e. The number of fused-ring (bicyclic) bond motifs is 2. The van der Waals surface area contributed by atoms with Crippen molar-refractivity contribution in [2.45, 2.75) is 56.7 Å². The van der Waals surface area contributed by atoms with E-state index in [0.29, 0.717) is 37.5 Å². The van der Waals surface area contributed by atoms with Gasteiger partial charge in [-0.05, 0) is 37.7 Å². The van der Waals surface area contributed by atoms with E-state index in [1.165, 1.54) is 25.0 Å². The fourth-order valence-electron chi connectivity index (χ4n) is 4.05. The van der Waals surface area contributed by atoms with Crippen molar-refractivity contribution in [2.75, 3.05) is 6.54 Å². The van der Waals surface area contributed by atoms with Gasteiger partial charge in [0.15, 0.2) is 0 Å². The van der Waals surface area contributed by atoms with Gasteiger partial charge < -0.3 is 10.2 Å². The second kappa shape index (κ2) is 7.78. The van der Waals surface area contributed by atoms with Gasteiger partial charge in [-0.1, -0.05) is 18.2 Å². The van der Waals surface area contributed by atoms with Gasteiger partial charge >= 0.3 is 0 Å². The van der Waals surface area contributed by atoms with Crippen molar-refractivity contribution < 1.29 is 9.72 Å². The van der Waals surface area contributed by atoms with Crippen molar-refractivity contribution in [1.82, 2.24) is 10.2 Å². The number of hydrogen-bond acceptors (Lipinski definition) is 4. The molecule has 3 rings (SSSR count). The molecule has 6 heteroatoms. The Kier molecular flexibility index (Phi) is 5.48. The maximum absolute atomic E-state index is 12.8. The van der Waals surface area contributed by atoms with E-state index in [1.54, 1.807) is 18.2 Å². The summed E-state index contributed by atoms with van der Waals surface area (Å²) in [7, 11) is 0. The summed E-state index contributed by atoms with van der Waals surface area (Å²) in [6.45, 7) is 4.39. The SMILES string of the molecule is C=CCN(C(=O)CCc1ccc([N+](=O)[O-])cc1)C1C[C@H]2CC[C@@H](C1)N2. The van der Waals surface area contributed by atoms with E-state index in [4.69, 9.17) is 0 Å². The highest BCUT2D eigenvalue weighted by Crippen LogP contribution is 2.30. The van der Waals surface area contributed by atoms with Crippen LogP contribution in [0.3, 0.4) is 0 Å². The molecule has 0 spiro atoms. The minimum atomic E-state index is -0.411. The number of piperidine rings is 1. The maximum Gasteiger partial charge on any atom is 0.269 e. The first-order valence-corrected chi connectivity index (χ1v) is 8.96. The van der Waals surface area contributed by atoms with Gasteiger partial charge in [0.05, 0.1) is 4.92 Å². The van der Waals surface area contributed by atoms with Gasteiger partial charge in [-0.3, -0.25) is 14.9 Å². The first-order chi connectivity index (χ1) is 12.1. The normalized spacial score (nSPS) is 24.7. The molecule has 2 saturated heterocycles. The Morgan fingerprint density at radius 3 is 2.48 bits per heavy atom. The lowest BCUT2D eigenvalue weighted by molar-refractivity contribution is -0.384. The zero-order valence-electron chi connectivity index (χ0n) is 14.4. The molecular formula is C19H25N3O3. The third-order valence-electron chi connectivity index (χ3n) is 5.31. The zero-order valence-corrected chi connectivity index (χ0v) is 14.4. The van der Waals surface area contributed by atoms with Gasteiger partial charge in [-0.15, -0.1) is 6.58 Å². The summed E-state index contributed by atoms with van der Waals surface area (Å²) in [4.78, 5) is 25.0. The first-order valence-electron chi connectivity index (χ1n) is 8.96. The Bertz CT molecular complexity index is 632. The summed E-state index contributed by atoms with van der Waals surface area (Å²) in [5.41, 5.74) is 1.02. The maximum atomic E-state index is 12.8. The largest absolute Gasteiger partial charge is 0.336 e. The summed E-state index contributed by atoms with van der Waals surface area (Å²) in [6.07, 6.45) is 7.28. The number of carbonyl (C=O) groups is 1. The van der Waals surface area contributed by atoms with E-state index < -0.39 is 4.92 Å². The summed E-state index contributed by atoms with van der Waals surface area (Å²) >= 11 is 0. The second-order valence-electron chi connectivity index (χ2n) is 7.02. The first kappa shape index (κ1) is 17.6. The van der Waals surface area contributed by atoms with Crippen molar-refractivity contribution >= 4 is 11.6 Å². The Hall–Kier alpha value is -2.21. The average molecular weight is 343 g/mol. The Morgan fingerprint density at radius 2 is 1.92 bits per heavy atom. The Balaban J connectivity index is 1.59. The van der Waals surface area contributed by atoms with Crippen LogP contribution in [0.2, 0.25) is 0 Å². The lowest BCUT2D eigenvalue weighted by Crippen LogP contribution is -2.50. The smallest absolute Gasteiger partial charge is 0.269 e. The van der Waals surface area contributed by atoms with E-state index in [2.05, 4.69) is 11.9 Å². The van der Waals surface area contributed by atoms with Crippen LogP contribution < -0.4 is 5.32 Å². The summed E-state index contributed by atoms with van der Waals surface area (Å²) < 4.78 is 0. The number of amides is 1. The highest BCUT2D eigenvalue weighted by Gasteiger charge is 2.37. The topological polar surface area (TPSA) is 75.5 Å². The molecule has 1 unspecified atom stereocenters. The van der Waals surface area contributed by atoms with E-state index in [9.17, 15) is 14.9 Å². The van der Waals surface area contributed by atoms with Crippen molar-refractivity contribution in [3.8, 4) is 0 Å². The molecule has 134 valence electrons. The quantitative estimate of drug-likeness (QED) is 0.469. The predicted molar refractivity (Wildman–Crippen MR) is 96.3 cm³/mol. The number of carbonyl (C=O) groups excluding carboxylic acids is 1. The van der Waals surface area contributed by atoms with Crippen LogP contribution in [0.1, 0.15) is 37.7 Å². The van der Waals surface area contributed by atoms with Crippen molar-refractivity contribution in [3.05, 3.63) is 52.6 Å². The highest BCUT2D eigenvalue weighted by atomic mass is 16.6. The zero-order chi connectivity index (χ0) is 17.8. The lowest BCUT2D eigenvalue weighted by Gasteiger charge is -2.37. The number of non-ortho nitro benzene ring substituents is 1. The summed E-state index contributed by atoms with van der Waals surface area (Å²) in [5.74, 6) is 0.143. The molecule has 2 bridgehead atoms. The lowest BCUT2D eigenvalue weighted by atomic mass is 9.97. The molecule has 6 nitrogen and oxygen atoms in total. The van der Waals surface area contributed by atoms with E-state index in [-0.39, 0.29) is 11.6 Å². The van der Waals surface area contributed by atoms with Crippen LogP contribution in [-0.4, -0.2) is 40.4 Å². The minimum absolute atomic E-state index is 0.0774. The van der Waals surface area contributed by atoms with Gasteiger partial charge in [0.25, 0.3) is 5.69 Å². The number of nitrogens with one attached hydrogen (secondary N) is 1. The molecule has 1 aromatic rings. The molecule has 1 N–H and O–H groups in total. The van der Waals surface area contributed by atoms with E-state index >= 15 is 0 Å². The second-order valence-corrected chi connectivity index (χ2v) is 7.02. The van der Waals surface area contributed by atoms with Crippen molar-refractivity contribution in [3.63, 3.8) is 0 Å². The summed E-state index contributed by atoms with van der Waals surface area (Å²) in [6, 6.07) is 7.82. The monoisotopic (exact) mass is 343 g/mol. The van der Waals surface area contributed by atoms with Crippen LogP contribution in [0, 0.1) is 10.1 Å². The molecule has 3 atom stereocenters. The van der Waals surface area contributed by atoms with Crippen LogP contribution in [0.15, 0.2) is 36.9 Å². The van der Waals surface area contributed by atoms with Crippen molar-refractivity contribution in [1.29, 1.82) is 0 Å². The summed E-state index contributed by atoms with van der Waals surface area (Å²) in [5, 5.41) is 14.3. The molecule has 2 fully saturated rings. The number of rotatable bonds is 7. The fourth-order valence-corrected chi connectivity index (χ4v) is 4.05. The standard InChI is InChI=1S/C19H25N3O3/c1-2-11-21(18-12-15-6-7-16(13-18)20-15)19(23)10-5-14-3-8-17(9-4-14)22(24)25/h2-4,8-9,15-16,18,20H,1,5-7,10-13H2/t15-,16+,18?. The number of nitro benzene ring substituents is 1. The van der Waals surface area contributed by atoms with E-state index in [1.807, 2.05) is 4.90 Å². The van der Waals surface area contributed by atoms with Crippen LogP contribution in [0.4, 0.5) is 5.69 Å². The van der Waals surface area contributed by atoms with Crippen LogP contribution in [0.5, 0.6) is 0 Å². The molecule has 2 aliphatic heterocycles. The van der Waals surface area contributed by atoms with Gasteiger partial charge in [0.2, 0.25) is 5.91 Å². The number of nitro groups is 1. The molecule has 25 heavy (non-hydrogen) atoms. The van der Waals surface area contributed by atoms with Gasteiger partial charge in [0.1, 0.15) is 0 Å². The number of hydrogen-bond donors (Lipinski definition) is 1. The Morgan fingerprint density at radius 1 is 1.28 bits per heavy atom. The van der Waals surface area contributed by atoms with Gasteiger partial charge in [0, 0.05) is 43.2 Å². The predicted octanol–water partition coefficient (Wildman–Crippen LogP) is 2.83. The third kappa shape index (κ3) is 4.25. The number of aryl methyl sites for hydroxylation is 1. The molecular weight excluding hydrogens is 318 g/mol. The highest BCUT2D eigenvalue weighted by molar-refractivity contribution is 5.77. The third-order valence-corrected chi connectivity index (χ3v) is 5.31. The van der Waals surface area contributed by atoms with Gasteiger partial charge in [-0.25, -0.2) is 0 Å². The molecule has 1 aromatic carbocycles. The van der Waals surface area contributed by atoms with Crippen LogP contribution in [-0.2, 0) is 11.2 Å². The average Bonchev–Trinajstić information content (AvgIpc) is 2.95.